The number of nitrogens with zero attached hydrogens (tertiary/aromatic N) is 3. The third-order valence-electron chi connectivity index (χ3n) is 6.24. The van der Waals surface area contributed by atoms with Gasteiger partial charge < -0.3 is 26.4 Å². The van der Waals surface area contributed by atoms with E-state index in [2.05, 4.69) is 41.4 Å². The standard InChI is InChI=1S/C26H27F3N8O/c27-26(28,29)17-6-3-7-20(14-17)33-25(38)32-19-10-8-18(9-11-19)31-24-30-13-12-22(35-24)34-23-15-21(36-37-23)16-4-1-2-5-16/h3,6-16,25,32-33,38H,1-2,4-5H2,(H3,30,31,34,35,36,37). The minimum Gasteiger partial charge on any atom is -0.357 e. The molecule has 0 bridgehead atoms. The Morgan fingerprint density at radius 2 is 1.61 bits per heavy atom. The van der Waals surface area contributed by atoms with E-state index in [1.54, 1.807) is 36.5 Å². The van der Waals surface area contributed by atoms with Gasteiger partial charge in [0.2, 0.25) is 12.3 Å². The van der Waals surface area contributed by atoms with Gasteiger partial charge in [-0.2, -0.15) is 23.3 Å². The molecule has 2 heterocycles. The van der Waals surface area contributed by atoms with Crippen molar-refractivity contribution in [3.8, 4) is 0 Å². The summed E-state index contributed by atoms with van der Waals surface area (Å²) in [7, 11) is 0. The number of anilines is 6. The van der Waals surface area contributed by atoms with E-state index in [1.165, 1.54) is 37.8 Å². The predicted molar refractivity (Wildman–Crippen MR) is 140 cm³/mol. The quantitative estimate of drug-likeness (QED) is 0.144. The van der Waals surface area contributed by atoms with E-state index in [0.29, 0.717) is 34.9 Å². The maximum Gasteiger partial charge on any atom is 0.416 e. The third-order valence-corrected chi connectivity index (χ3v) is 6.24. The number of alkyl halides is 3. The second-order valence-electron chi connectivity index (χ2n) is 9.05. The molecule has 12 heteroatoms. The first-order valence-electron chi connectivity index (χ1n) is 12.2. The Bertz CT molecular complexity index is 1350. The molecule has 0 saturated heterocycles. The van der Waals surface area contributed by atoms with Crippen molar-refractivity contribution in [2.45, 2.75) is 44.1 Å². The van der Waals surface area contributed by atoms with Crippen LogP contribution in [-0.2, 0) is 6.18 Å². The van der Waals surface area contributed by atoms with Crippen LogP contribution in [0.4, 0.5) is 47.8 Å². The van der Waals surface area contributed by atoms with Crippen LogP contribution in [-0.4, -0.2) is 31.6 Å². The number of halogens is 3. The number of aromatic amines is 1. The van der Waals surface area contributed by atoms with Crippen LogP contribution in [0.2, 0.25) is 0 Å². The van der Waals surface area contributed by atoms with Crippen LogP contribution < -0.4 is 21.3 Å². The van der Waals surface area contributed by atoms with Crippen LogP contribution in [0, 0.1) is 0 Å². The SMILES string of the molecule is OC(Nc1ccc(Nc2nccc(Nc3cc(C4CCCC4)[nH]n3)n2)cc1)Nc1cccc(C(F)(F)F)c1. The topological polar surface area (TPSA) is 123 Å². The molecule has 1 saturated carbocycles. The molecule has 4 aromatic rings. The van der Waals surface area contributed by atoms with E-state index < -0.39 is 18.1 Å². The lowest BCUT2D eigenvalue weighted by atomic mass is 10.0. The number of rotatable bonds is 9. The van der Waals surface area contributed by atoms with E-state index >= 15 is 0 Å². The lowest BCUT2D eigenvalue weighted by Gasteiger charge is -2.18. The summed E-state index contributed by atoms with van der Waals surface area (Å²) < 4.78 is 38.7. The Balaban J connectivity index is 1.15. The number of nitrogens with one attached hydrogen (secondary N) is 5. The summed E-state index contributed by atoms with van der Waals surface area (Å²) in [6.07, 6.45) is 0.734. The molecule has 2 aromatic heterocycles. The van der Waals surface area contributed by atoms with Crippen molar-refractivity contribution < 1.29 is 18.3 Å². The molecule has 5 rings (SSSR count). The van der Waals surface area contributed by atoms with E-state index in [1.807, 2.05) is 6.07 Å². The van der Waals surface area contributed by atoms with Crippen LogP contribution in [0.15, 0.2) is 66.9 Å². The molecular formula is C26H27F3N8O. The fourth-order valence-corrected chi connectivity index (χ4v) is 4.38. The van der Waals surface area contributed by atoms with Gasteiger partial charge in [0.05, 0.1) is 5.56 Å². The molecule has 38 heavy (non-hydrogen) atoms. The zero-order valence-electron chi connectivity index (χ0n) is 20.3. The zero-order valence-corrected chi connectivity index (χ0v) is 20.3. The molecule has 2 aromatic carbocycles. The molecule has 9 nitrogen and oxygen atoms in total. The van der Waals surface area contributed by atoms with Crippen molar-refractivity contribution in [1.82, 2.24) is 20.2 Å². The van der Waals surface area contributed by atoms with Crippen molar-refractivity contribution in [3.63, 3.8) is 0 Å². The van der Waals surface area contributed by atoms with E-state index in [0.717, 1.165) is 17.8 Å². The molecule has 0 aliphatic heterocycles. The van der Waals surface area contributed by atoms with Crippen molar-refractivity contribution in [3.05, 3.63) is 78.1 Å². The average Bonchev–Trinajstić information content (AvgIpc) is 3.58. The van der Waals surface area contributed by atoms with Gasteiger partial charge in [0.1, 0.15) is 5.82 Å². The summed E-state index contributed by atoms with van der Waals surface area (Å²) in [6, 6.07) is 15.3. The van der Waals surface area contributed by atoms with Gasteiger partial charge in [0, 0.05) is 40.9 Å². The van der Waals surface area contributed by atoms with Crippen LogP contribution in [0.25, 0.3) is 0 Å². The van der Waals surface area contributed by atoms with Crippen molar-refractivity contribution in [2.24, 2.45) is 0 Å². The average molecular weight is 525 g/mol. The first kappa shape index (κ1) is 25.3. The second-order valence-corrected chi connectivity index (χ2v) is 9.05. The lowest BCUT2D eigenvalue weighted by molar-refractivity contribution is -0.137. The lowest BCUT2D eigenvalue weighted by Crippen LogP contribution is -2.28. The Morgan fingerprint density at radius 3 is 2.37 bits per heavy atom. The molecule has 1 aliphatic rings. The minimum atomic E-state index is -4.46. The van der Waals surface area contributed by atoms with Crippen LogP contribution >= 0.6 is 0 Å². The molecule has 0 amide bonds. The molecule has 1 fully saturated rings. The number of benzene rings is 2. The minimum absolute atomic E-state index is 0.133. The number of hydrogen-bond donors (Lipinski definition) is 6. The Labute approximate surface area is 216 Å². The largest absolute Gasteiger partial charge is 0.416 e. The summed E-state index contributed by atoms with van der Waals surface area (Å²) in [5, 5.41) is 29.4. The Kier molecular flexibility index (Phi) is 7.31. The van der Waals surface area contributed by atoms with Crippen LogP contribution in [0.1, 0.15) is 42.9 Å². The molecule has 198 valence electrons. The molecular weight excluding hydrogens is 497 g/mol. The smallest absolute Gasteiger partial charge is 0.357 e. The summed E-state index contributed by atoms with van der Waals surface area (Å²) in [4.78, 5) is 8.73. The fourth-order valence-electron chi connectivity index (χ4n) is 4.38. The van der Waals surface area contributed by atoms with Gasteiger partial charge in [-0.05, 0) is 61.4 Å². The van der Waals surface area contributed by atoms with Crippen LogP contribution in [0.3, 0.4) is 0 Å². The molecule has 0 spiro atoms. The van der Waals surface area contributed by atoms with Gasteiger partial charge in [-0.25, -0.2) is 4.98 Å². The van der Waals surface area contributed by atoms with Gasteiger partial charge in [-0.1, -0.05) is 18.9 Å². The normalized spacial score (nSPS) is 14.7. The van der Waals surface area contributed by atoms with Gasteiger partial charge in [-0.3, -0.25) is 5.10 Å². The van der Waals surface area contributed by atoms with Gasteiger partial charge >= 0.3 is 6.18 Å². The highest BCUT2D eigenvalue weighted by Crippen LogP contribution is 2.34. The predicted octanol–water partition coefficient (Wildman–Crippen LogP) is 6.16. The maximum absolute atomic E-state index is 12.9. The molecule has 0 radical (unpaired) electrons. The number of aliphatic hydroxyl groups excluding tert-OH is 1. The number of aromatic nitrogens is 4. The maximum atomic E-state index is 12.9. The van der Waals surface area contributed by atoms with Crippen molar-refractivity contribution >= 4 is 34.6 Å². The first-order chi connectivity index (χ1) is 18.3. The molecule has 1 atom stereocenters. The Hall–Kier alpha value is -4.32. The molecule has 1 unspecified atom stereocenters. The third kappa shape index (κ3) is 6.51. The van der Waals surface area contributed by atoms with Gasteiger partial charge in [-0.15, -0.1) is 0 Å². The van der Waals surface area contributed by atoms with E-state index in [4.69, 9.17) is 0 Å². The Morgan fingerprint density at radius 1 is 0.868 bits per heavy atom. The van der Waals surface area contributed by atoms with Crippen LogP contribution in [0.5, 0.6) is 0 Å². The summed E-state index contributed by atoms with van der Waals surface area (Å²) in [6.45, 7) is 0. The summed E-state index contributed by atoms with van der Waals surface area (Å²) in [5.41, 5.74) is 1.73. The highest BCUT2D eigenvalue weighted by molar-refractivity contribution is 5.61. The van der Waals surface area contributed by atoms with Crippen molar-refractivity contribution in [2.75, 3.05) is 21.3 Å². The van der Waals surface area contributed by atoms with E-state index in [9.17, 15) is 18.3 Å². The highest BCUT2D eigenvalue weighted by Gasteiger charge is 2.30. The van der Waals surface area contributed by atoms with E-state index in [-0.39, 0.29) is 5.69 Å². The highest BCUT2D eigenvalue weighted by atomic mass is 19.4. The number of aliphatic hydroxyl groups is 1. The molecule has 1 aliphatic carbocycles. The van der Waals surface area contributed by atoms with Gasteiger partial charge in [0.25, 0.3) is 0 Å². The summed E-state index contributed by atoms with van der Waals surface area (Å²) >= 11 is 0. The monoisotopic (exact) mass is 524 g/mol. The second kappa shape index (κ2) is 11.0. The number of hydrogen-bond acceptors (Lipinski definition) is 8. The van der Waals surface area contributed by atoms with Gasteiger partial charge in [0.15, 0.2) is 5.82 Å². The summed E-state index contributed by atoms with van der Waals surface area (Å²) in [5.74, 6) is 2.21. The molecule has 6 N–H and O–H groups in total. The van der Waals surface area contributed by atoms with Crippen molar-refractivity contribution in [1.29, 1.82) is 0 Å². The zero-order chi connectivity index (χ0) is 26.5. The fraction of sp³-hybridized carbons (Fsp3) is 0.269. The first-order valence-corrected chi connectivity index (χ1v) is 12.2. The number of H-pyrrole nitrogens is 1.